The quantitative estimate of drug-likeness (QED) is 0.667. The highest BCUT2D eigenvalue weighted by Gasteiger charge is 2.58. The van der Waals surface area contributed by atoms with E-state index in [9.17, 15) is 9.90 Å². The van der Waals surface area contributed by atoms with Gasteiger partial charge in [-0.2, -0.15) is 0 Å². The van der Waals surface area contributed by atoms with Gasteiger partial charge in [-0.3, -0.25) is 9.48 Å². The van der Waals surface area contributed by atoms with Crippen molar-refractivity contribution in [3.63, 3.8) is 0 Å². The molecule has 1 aromatic heterocycles. The fourth-order valence-electron chi connectivity index (χ4n) is 7.37. The molecule has 5 heteroatoms. The van der Waals surface area contributed by atoms with Gasteiger partial charge in [0.2, 0.25) is 0 Å². The van der Waals surface area contributed by atoms with Crippen molar-refractivity contribution >= 4 is 5.78 Å². The number of nitrogens with zero attached hydrogens (tertiary/aromatic N) is 3. The Bertz CT molecular complexity index is 997. The summed E-state index contributed by atoms with van der Waals surface area (Å²) in [6, 6.07) is 5.95. The van der Waals surface area contributed by atoms with E-state index in [2.05, 4.69) is 43.3 Å². The molecule has 0 bridgehead atoms. The third-order valence-electron chi connectivity index (χ3n) is 8.72. The minimum atomic E-state index is -0.141. The minimum absolute atomic E-state index is 0.141. The van der Waals surface area contributed by atoms with E-state index in [0.717, 1.165) is 63.6 Å². The number of fused-ring (bicyclic) bond motifs is 5. The maximum absolute atomic E-state index is 13.2. The van der Waals surface area contributed by atoms with Crippen LogP contribution in [0.4, 0.5) is 0 Å². The summed E-state index contributed by atoms with van der Waals surface area (Å²) in [5.74, 6) is 3.57. The van der Waals surface area contributed by atoms with E-state index >= 15 is 0 Å². The molecule has 2 aromatic rings. The molecule has 2 saturated carbocycles. The molecule has 32 heavy (non-hydrogen) atoms. The molecule has 1 aromatic carbocycles. The first-order valence-corrected chi connectivity index (χ1v) is 12.6. The van der Waals surface area contributed by atoms with E-state index in [1.54, 1.807) is 0 Å². The van der Waals surface area contributed by atoms with Gasteiger partial charge in [0.25, 0.3) is 0 Å². The van der Waals surface area contributed by atoms with Crippen LogP contribution in [0.25, 0.3) is 0 Å². The van der Waals surface area contributed by atoms with E-state index in [0.29, 0.717) is 41.1 Å². The Morgan fingerprint density at radius 3 is 2.94 bits per heavy atom. The number of benzene rings is 1. The summed E-state index contributed by atoms with van der Waals surface area (Å²) in [5, 5.41) is 18.6. The van der Waals surface area contributed by atoms with Crippen LogP contribution in [0.3, 0.4) is 0 Å². The largest absolute Gasteiger partial charge is 0.508 e. The highest BCUT2D eigenvalue weighted by Crippen LogP contribution is 2.62. The number of aryl methyl sites for hydroxylation is 2. The van der Waals surface area contributed by atoms with Gasteiger partial charge in [0, 0.05) is 24.6 Å². The molecule has 0 amide bonds. The lowest BCUT2D eigenvalue weighted by Crippen LogP contribution is -2.44. The summed E-state index contributed by atoms with van der Waals surface area (Å²) in [4.78, 5) is 13.2. The molecule has 3 aliphatic carbocycles. The molecule has 0 radical (unpaired) electrons. The summed E-state index contributed by atoms with van der Waals surface area (Å²) < 4.78 is 1.99. The molecule has 0 aliphatic heterocycles. The average Bonchev–Trinajstić information content (AvgIpc) is 3.28. The van der Waals surface area contributed by atoms with Crippen LogP contribution < -0.4 is 0 Å². The summed E-state index contributed by atoms with van der Waals surface area (Å²) in [7, 11) is 0. The van der Waals surface area contributed by atoms with Crippen LogP contribution in [0.15, 0.2) is 24.4 Å². The van der Waals surface area contributed by atoms with Gasteiger partial charge in [-0.25, -0.2) is 0 Å². The van der Waals surface area contributed by atoms with Crippen molar-refractivity contribution < 1.29 is 9.90 Å². The first-order valence-electron chi connectivity index (χ1n) is 12.6. The van der Waals surface area contributed by atoms with Gasteiger partial charge >= 0.3 is 0 Å². The van der Waals surface area contributed by atoms with Crippen molar-refractivity contribution in [3.05, 3.63) is 41.2 Å². The Kier molecular flexibility index (Phi) is 5.63. The number of hydrogen-bond donors (Lipinski definition) is 1. The van der Waals surface area contributed by atoms with Crippen LogP contribution in [0.1, 0.15) is 82.0 Å². The van der Waals surface area contributed by atoms with E-state index in [1.165, 1.54) is 11.1 Å². The van der Waals surface area contributed by atoms with E-state index in [4.69, 9.17) is 0 Å². The summed E-state index contributed by atoms with van der Waals surface area (Å²) in [6.07, 6.45) is 10.2. The highest BCUT2D eigenvalue weighted by molar-refractivity contribution is 5.87. The summed E-state index contributed by atoms with van der Waals surface area (Å²) in [6.45, 7) is 7.56. The van der Waals surface area contributed by atoms with Crippen molar-refractivity contribution in [2.75, 3.05) is 0 Å². The molecule has 0 spiro atoms. The number of ketones is 1. The number of phenolic OH excluding ortho intramolecular Hbond substituents is 1. The number of phenols is 1. The van der Waals surface area contributed by atoms with Gasteiger partial charge in [0.1, 0.15) is 11.5 Å². The fourth-order valence-corrected chi connectivity index (χ4v) is 7.37. The number of aromatic nitrogens is 3. The second-order valence-corrected chi connectivity index (χ2v) is 11.3. The predicted octanol–water partition coefficient (Wildman–Crippen LogP) is 5.31. The number of carbonyl (C=O) groups is 1. The highest BCUT2D eigenvalue weighted by atomic mass is 16.3. The van der Waals surface area contributed by atoms with Crippen LogP contribution in [0.2, 0.25) is 0 Å². The normalized spacial score (nSPS) is 31.4. The molecular formula is C27H37N3O2. The Morgan fingerprint density at radius 1 is 1.28 bits per heavy atom. The van der Waals surface area contributed by atoms with Crippen LogP contribution in [0.5, 0.6) is 5.75 Å². The van der Waals surface area contributed by atoms with Gasteiger partial charge in [0.05, 0.1) is 5.69 Å². The standard InChI is InChI=1S/C27H37N3O2/c1-17(2)13-20-16-30(29-28-20)12-4-5-19-15-25(32)27(3)11-10-23-22-9-7-21(31)14-18(22)6-8-24(23)26(19)27/h7,9,14,16-17,19,23-24,26,31H,4-6,8,10-13,15H2,1-3H3/t19-,23-,24-,26+,27-/m1/s1. The van der Waals surface area contributed by atoms with E-state index in [-0.39, 0.29) is 5.41 Å². The molecule has 3 aliphatic rings. The zero-order valence-electron chi connectivity index (χ0n) is 19.8. The minimum Gasteiger partial charge on any atom is -0.508 e. The third-order valence-corrected chi connectivity index (χ3v) is 8.72. The van der Waals surface area contributed by atoms with Gasteiger partial charge in [0.15, 0.2) is 0 Å². The molecule has 0 saturated heterocycles. The average molecular weight is 436 g/mol. The predicted molar refractivity (Wildman–Crippen MR) is 124 cm³/mol. The van der Waals surface area contributed by atoms with Crippen LogP contribution in [0, 0.1) is 29.1 Å². The lowest BCUT2D eigenvalue weighted by atomic mass is 9.54. The van der Waals surface area contributed by atoms with Gasteiger partial charge in [-0.15, -0.1) is 5.10 Å². The van der Waals surface area contributed by atoms with Gasteiger partial charge in [-0.1, -0.05) is 32.1 Å². The lowest BCUT2D eigenvalue weighted by molar-refractivity contribution is -0.129. The zero-order valence-corrected chi connectivity index (χ0v) is 19.8. The van der Waals surface area contributed by atoms with Crippen molar-refractivity contribution in [1.29, 1.82) is 0 Å². The molecular weight excluding hydrogens is 398 g/mol. The van der Waals surface area contributed by atoms with Gasteiger partial charge < -0.3 is 5.11 Å². The summed E-state index contributed by atoms with van der Waals surface area (Å²) >= 11 is 0. The molecule has 5 rings (SSSR count). The number of rotatable bonds is 6. The lowest BCUT2D eigenvalue weighted by Gasteiger charge is -2.50. The smallest absolute Gasteiger partial charge is 0.139 e. The molecule has 2 fully saturated rings. The fraction of sp³-hybridized carbons (Fsp3) is 0.667. The second-order valence-electron chi connectivity index (χ2n) is 11.3. The van der Waals surface area contributed by atoms with Crippen molar-refractivity contribution in [2.45, 2.75) is 84.6 Å². The van der Waals surface area contributed by atoms with Crippen LogP contribution >= 0.6 is 0 Å². The van der Waals surface area contributed by atoms with E-state index < -0.39 is 0 Å². The molecule has 0 unspecified atom stereocenters. The van der Waals surface area contributed by atoms with Crippen molar-refractivity contribution in [2.24, 2.45) is 29.1 Å². The number of carbonyl (C=O) groups excluding carboxylic acids is 1. The van der Waals surface area contributed by atoms with Crippen LogP contribution in [-0.2, 0) is 24.2 Å². The number of Topliss-reactive ketones (excluding diaryl/α,β-unsaturated/α-hetero) is 1. The topological polar surface area (TPSA) is 68.0 Å². The van der Waals surface area contributed by atoms with Gasteiger partial charge in [-0.05, 0) is 97.8 Å². The molecule has 5 atom stereocenters. The Hall–Kier alpha value is -2.17. The Balaban J connectivity index is 1.29. The monoisotopic (exact) mass is 435 g/mol. The molecule has 1 N–H and O–H groups in total. The van der Waals surface area contributed by atoms with Crippen LogP contribution in [-0.4, -0.2) is 25.9 Å². The first-order chi connectivity index (χ1) is 15.3. The third kappa shape index (κ3) is 3.78. The Morgan fingerprint density at radius 2 is 2.12 bits per heavy atom. The number of aromatic hydroxyl groups is 1. The molecule has 1 heterocycles. The summed E-state index contributed by atoms with van der Waals surface area (Å²) in [5.41, 5.74) is 3.68. The van der Waals surface area contributed by atoms with Crippen molar-refractivity contribution in [1.82, 2.24) is 15.0 Å². The molecule has 172 valence electrons. The maximum Gasteiger partial charge on any atom is 0.139 e. The Labute approximate surface area is 191 Å². The molecule has 5 nitrogen and oxygen atoms in total. The SMILES string of the molecule is CC(C)Cc1cn(CCC[C@@H]2CC(=O)[C@@]3(C)CC[C@@H]4c5ccc(O)cc5CC[C@H]4[C@H]23)nn1. The maximum atomic E-state index is 13.2. The second kappa shape index (κ2) is 8.31. The van der Waals surface area contributed by atoms with E-state index in [1.807, 2.05) is 16.8 Å². The zero-order chi connectivity index (χ0) is 22.5. The van der Waals surface area contributed by atoms with Crippen molar-refractivity contribution in [3.8, 4) is 5.75 Å². The first kappa shape index (κ1) is 21.7. The number of hydrogen-bond acceptors (Lipinski definition) is 4.